The van der Waals surface area contributed by atoms with Crippen LogP contribution in [0.4, 0.5) is 10.1 Å². The van der Waals surface area contributed by atoms with Gasteiger partial charge in [0.2, 0.25) is 0 Å². The average Bonchev–Trinajstić information content (AvgIpc) is 3.42. The highest BCUT2D eigenvalue weighted by Crippen LogP contribution is 2.38. The van der Waals surface area contributed by atoms with Crippen LogP contribution < -0.4 is 25.7 Å². The van der Waals surface area contributed by atoms with Crippen LogP contribution in [-0.2, 0) is 0 Å². The van der Waals surface area contributed by atoms with E-state index >= 15 is 0 Å². The normalized spacial score (nSPS) is 16.2. The zero-order valence-corrected chi connectivity index (χ0v) is 17.1. The molecule has 0 amide bonds. The highest BCUT2D eigenvalue weighted by Gasteiger charge is 2.23. The number of nitrogens with one attached hydrogen (secondary N) is 4. The molecule has 4 N–H and O–H groups in total. The number of nitrogens with zero attached hydrogens (tertiary/aromatic N) is 1. The van der Waals surface area contributed by atoms with Gasteiger partial charge in [0.15, 0.2) is 11.5 Å². The van der Waals surface area contributed by atoms with Crippen LogP contribution in [0.1, 0.15) is 6.42 Å². The van der Waals surface area contributed by atoms with Crippen LogP contribution in [0.5, 0.6) is 11.5 Å². The topological polar surface area (TPSA) is 104 Å². The molecule has 1 aliphatic rings. The lowest BCUT2D eigenvalue weighted by Crippen LogP contribution is -2.24. The SMILES string of the molecule is COc1cc2[nH]c(=O)c(-c3nc4ccc(F)cc4[nH]3)c(NC3CCNC3)c2cc1OC. The fourth-order valence-electron chi connectivity index (χ4n) is 4.08. The van der Waals surface area contributed by atoms with E-state index in [2.05, 4.69) is 25.6 Å². The van der Waals surface area contributed by atoms with Gasteiger partial charge in [0.25, 0.3) is 5.56 Å². The van der Waals surface area contributed by atoms with E-state index in [4.69, 9.17) is 9.47 Å². The summed E-state index contributed by atoms with van der Waals surface area (Å²) in [6.45, 7) is 1.68. The van der Waals surface area contributed by atoms with Crippen LogP contribution >= 0.6 is 0 Å². The highest BCUT2D eigenvalue weighted by molar-refractivity contribution is 6.00. The summed E-state index contributed by atoms with van der Waals surface area (Å²) < 4.78 is 24.6. The number of H-pyrrole nitrogens is 2. The van der Waals surface area contributed by atoms with Crippen molar-refractivity contribution in [2.45, 2.75) is 12.5 Å². The summed E-state index contributed by atoms with van der Waals surface area (Å²) in [5.74, 6) is 1.06. The standard InChI is InChI=1S/C22H22FN5O3/c1-30-17-8-13-15(9-18(17)31-2)28-22(29)19(20(13)25-12-5-6-24-10-12)21-26-14-4-3-11(23)7-16(14)27-21/h3-4,7-9,12,24H,5-6,10H2,1-2H3,(H,26,27)(H2,25,28,29). The quantitative estimate of drug-likeness (QED) is 0.393. The van der Waals surface area contributed by atoms with Crippen LogP contribution in [0.15, 0.2) is 35.1 Å². The minimum absolute atomic E-state index is 0.152. The molecule has 2 aromatic carbocycles. The van der Waals surface area contributed by atoms with Crippen LogP contribution in [0.2, 0.25) is 0 Å². The molecular weight excluding hydrogens is 401 g/mol. The van der Waals surface area contributed by atoms with E-state index in [0.717, 1.165) is 24.9 Å². The Balaban J connectivity index is 1.78. The molecule has 5 rings (SSSR count). The van der Waals surface area contributed by atoms with Gasteiger partial charge in [-0.1, -0.05) is 0 Å². The number of anilines is 1. The minimum Gasteiger partial charge on any atom is -0.493 e. The second-order valence-electron chi connectivity index (χ2n) is 7.54. The third-order valence-electron chi connectivity index (χ3n) is 5.61. The third kappa shape index (κ3) is 3.36. The van der Waals surface area contributed by atoms with E-state index < -0.39 is 0 Å². The number of benzene rings is 2. The monoisotopic (exact) mass is 423 g/mol. The zero-order chi connectivity index (χ0) is 21.5. The number of hydrogen-bond donors (Lipinski definition) is 4. The van der Waals surface area contributed by atoms with Crippen LogP contribution in [0.3, 0.4) is 0 Å². The van der Waals surface area contributed by atoms with Crippen LogP contribution in [0.25, 0.3) is 33.3 Å². The van der Waals surface area contributed by atoms with Crippen molar-refractivity contribution in [3.05, 3.63) is 46.5 Å². The number of aromatic amines is 2. The Hall–Kier alpha value is -3.59. The first-order valence-corrected chi connectivity index (χ1v) is 10.0. The van der Waals surface area contributed by atoms with Crippen LogP contribution in [0, 0.1) is 5.82 Å². The van der Waals surface area contributed by atoms with E-state index in [1.165, 1.54) is 12.1 Å². The largest absolute Gasteiger partial charge is 0.493 e. The molecule has 1 aliphatic heterocycles. The average molecular weight is 423 g/mol. The summed E-state index contributed by atoms with van der Waals surface area (Å²) in [5, 5.41) is 7.62. The van der Waals surface area contributed by atoms with Gasteiger partial charge >= 0.3 is 0 Å². The van der Waals surface area contributed by atoms with E-state index in [0.29, 0.717) is 45.1 Å². The van der Waals surface area contributed by atoms with Gasteiger partial charge in [-0.3, -0.25) is 4.79 Å². The number of pyridine rings is 1. The Labute approximate surface area is 176 Å². The fraction of sp³-hybridized carbons (Fsp3) is 0.273. The summed E-state index contributed by atoms with van der Waals surface area (Å²) in [4.78, 5) is 23.8. The molecule has 4 aromatic rings. The molecule has 0 radical (unpaired) electrons. The molecular formula is C22H22FN5O3. The molecule has 1 fully saturated rings. The predicted octanol–water partition coefficient (Wildman–Crippen LogP) is 3.00. The number of methoxy groups -OCH3 is 2. The van der Waals surface area contributed by atoms with Crippen LogP contribution in [-0.4, -0.2) is 48.3 Å². The molecule has 1 unspecified atom stereocenters. The van der Waals surface area contributed by atoms with E-state index in [-0.39, 0.29) is 17.4 Å². The lowest BCUT2D eigenvalue weighted by atomic mass is 10.1. The van der Waals surface area contributed by atoms with Gasteiger partial charge in [-0.05, 0) is 37.2 Å². The molecule has 1 atom stereocenters. The first-order valence-electron chi connectivity index (χ1n) is 10.0. The maximum absolute atomic E-state index is 13.7. The molecule has 3 heterocycles. The number of ether oxygens (including phenoxy) is 2. The van der Waals surface area contributed by atoms with Gasteiger partial charge < -0.3 is 30.1 Å². The van der Waals surface area contributed by atoms with Crippen molar-refractivity contribution in [2.24, 2.45) is 0 Å². The first kappa shape index (κ1) is 19.4. The lowest BCUT2D eigenvalue weighted by molar-refractivity contribution is 0.356. The molecule has 0 aliphatic carbocycles. The van der Waals surface area contributed by atoms with Crippen molar-refractivity contribution in [2.75, 3.05) is 32.6 Å². The van der Waals surface area contributed by atoms with Crippen molar-refractivity contribution in [1.82, 2.24) is 20.3 Å². The van der Waals surface area contributed by atoms with Gasteiger partial charge in [-0.2, -0.15) is 0 Å². The van der Waals surface area contributed by atoms with Crippen molar-refractivity contribution in [3.8, 4) is 22.9 Å². The maximum Gasteiger partial charge on any atom is 0.261 e. The molecule has 1 saturated heterocycles. The third-order valence-corrected chi connectivity index (χ3v) is 5.61. The number of halogens is 1. The Kier molecular flexibility index (Phi) is 4.74. The second-order valence-corrected chi connectivity index (χ2v) is 7.54. The van der Waals surface area contributed by atoms with Crippen molar-refractivity contribution in [3.63, 3.8) is 0 Å². The predicted molar refractivity (Wildman–Crippen MR) is 118 cm³/mol. The van der Waals surface area contributed by atoms with Crippen molar-refractivity contribution in [1.29, 1.82) is 0 Å². The Morgan fingerprint density at radius 3 is 2.65 bits per heavy atom. The zero-order valence-electron chi connectivity index (χ0n) is 17.1. The highest BCUT2D eigenvalue weighted by atomic mass is 19.1. The molecule has 160 valence electrons. The summed E-state index contributed by atoms with van der Waals surface area (Å²) in [7, 11) is 3.12. The Morgan fingerprint density at radius 2 is 1.90 bits per heavy atom. The number of imidazole rings is 1. The summed E-state index contributed by atoms with van der Waals surface area (Å²) in [6, 6.07) is 8.02. The summed E-state index contributed by atoms with van der Waals surface area (Å²) >= 11 is 0. The molecule has 2 aromatic heterocycles. The van der Waals surface area contributed by atoms with E-state index in [1.807, 2.05) is 6.07 Å². The minimum atomic E-state index is -0.373. The Bertz CT molecular complexity index is 1340. The van der Waals surface area contributed by atoms with E-state index in [9.17, 15) is 9.18 Å². The first-order chi connectivity index (χ1) is 15.1. The van der Waals surface area contributed by atoms with Crippen molar-refractivity contribution < 1.29 is 13.9 Å². The van der Waals surface area contributed by atoms with Gasteiger partial charge in [0, 0.05) is 24.0 Å². The molecule has 31 heavy (non-hydrogen) atoms. The molecule has 9 heteroatoms. The summed E-state index contributed by atoms with van der Waals surface area (Å²) in [5.41, 5.74) is 2.41. The second kappa shape index (κ2) is 7.59. The maximum atomic E-state index is 13.7. The smallest absolute Gasteiger partial charge is 0.261 e. The van der Waals surface area contributed by atoms with Gasteiger partial charge in [-0.25, -0.2) is 9.37 Å². The number of aromatic nitrogens is 3. The molecule has 8 nitrogen and oxygen atoms in total. The van der Waals surface area contributed by atoms with Crippen molar-refractivity contribution >= 4 is 27.6 Å². The molecule has 0 bridgehead atoms. The Morgan fingerprint density at radius 1 is 1.10 bits per heavy atom. The molecule has 0 saturated carbocycles. The fourth-order valence-corrected chi connectivity index (χ4v) is 4.08. The number of fused-ring (bicyclic) bond motifs is 2. The van der Waals surface area contributed by atoms with E-state index in [1.54, 1.807) is 26.4 Å². The lowest BCUT2D eigenvalue weighted by Gasteiger charge is -2.19. The number of rotatable bonds is 5. The van der Waals surface area contributed by atoms with Gasteiger partial charge in [-0.15, -0.1) is 0 Å². The number of hydrogen-bond acceptors (Lipinski definition) is 6. The van der Waals surface area contributed by atoms with Gasteiger partial charge in [0.1, 0.15) is 17.2 Å². The van der Waals surface area contributed by atoms with Gasteiger partial charge in [0.05, 0.1) is 36.5 Å². The summed E-state index contributed by atoms with van der Waals surface area (Å²) in [6.07, 6.45) is 0.923. The molecule has 0 spiro atoms.